The smallest absolute Gasteiger partial charge is 0.166 e. The molecule has 0 aliphatic carbocycles. The van der Waals surface area contributed by atoms with Crippen molar-refractivity contribution in [2.24, 2.45) is 5.92 Å². The summed E-state index contributed by atoms with van der Waals surface area (Å²) in [6.45, 7) is 8.12. The van der Waals surface area contributed by atoms with Crippen molar-refractivity contribution < 1.29 is 13.2 Å². The van der Waals surface area contributed by atoms with Gasteiger partial charge >= 0.3 is 6.18 Å². The van der Waals surface area contributed by atoms with Gasteiger partial charge in [0.2, 0.25) is 0 Å². The fourth-order valence-corrected chi connectivity index (χ4v) is 1.51. The van der Waals surface area contributed by atoms with Crippen LogP contribution < -0.4 is 0 Å². The van der Waals surface area contributed by atoms with Crippen molar-refractivity contribution in [2.45, 2.75) is 33.9 Å². The molecule has 1 aromatic rings. The molecular weight excluding hydrogens is 281 g/mol. The van der Waals surface area contributed by atoms with Crippen LogP contribution in [0.4, 0.5) is 13.2 Å². The Bertz CT molecular complexity index is 307. The van der Waals surface area contributed by atoms with Crippen LogP contribution in [0.3, 0.4) is 0 Å². The molecule has 0 unspecified atom stereocenters. The Balaban J connectivity index is 0.000000487. The normalized spacial score (nSPS) is 11.1. The van der Waals surface area contributed by atoms with E-state index in [1.54, 1.807) is 13.0 Å². The van der Waals surface area contributed by atoms with Gasteiger partial charge in [-0.1, -0.05) is 36.7 Å². The summed E-state index contributed by atoms with van der Waals surface area (Å²) in [4.78, 5) is 0. The van der Waals surface area contributed by atoms with Crippen LogP contribution in [0.15, 0.2) is 22.7 Å². The molecule has 0 heterocycles. The van der Waals surface area contributed by atoms with Crippen LogP contribution >= 0.6 is 15.9 Å². The van der Waals surface area contributed by atoms with Gasteiger partial charge in [-0.05, 0) is 36.6 Å². The van der Waals surface area contributed by atoms with E-state index in [0.29, 0.717) is 10.0 Å². The van der Waals surface area contributed by atoms with Gasteiger partial charge in [-0.2, -0.15) is 13.2 Å². The zero-order chi connectivity index (χ0) is 12.9. The van der Waals surface area contributed by atoms with E-state index >= 15 is 0 Å². The zero-order valence-corrected chi connectivity index (χ0v) is 11.4. The van der Waals surface area contributed by atoms with Crippen LogP contribution in [0.2, 0.25) is 0 Å². The number of hydrogen-bond acceptors (Lipinski definition) is 0. The molecule has 4 heteroatoms. The Morgan fingerprint density at radius 2 is 1.50 bits per heavy atom. The molecule has 0 bridgehead atoms. The summed E-state index contributed by atoms with van der Waals surface area (Å²) in [5.41, 5.74) is -0.0222. The van der Waals surface area contributed by atoms with Crippen LogP contribution in [0.5, 0.6) is 0 Å². The Morgan fingerprint density at radius 1 is 1.06 bits per heavy atom. The van der Waals surface area contributed by atoms with Crippen molar-refractivity contribution in [2.75, 3.05) is 0 Å². The highest BCUT2D eigenvalue weighted by Crippen LogP contribution is 2.31. The van der Waals surface area contributed by atoms with Crippen molar-refractivity contribution in [3.05, 3.63) is 33.8 Å². The van der Waals surface area contributed by atoms with Gasteiger partial charge in [0.25, 0.3) is 0 Å². The molecule has 0 radical (unpaired) electrons. The van der Waals surface area contributed by atoms with Crippen molar-refractivity contribution in [1.29, 1.82) is 0 Å². The quantitative estimate of drug-likeness (QED) is 0.598. The van der Waals surface area contributed by atoms with E-state index < -0.39 is 11.7 Å². The molecule has 0 fully saturated rings. The number of hydrogen-bond donors (Lipinski definition) is 0. The van der Waals surface area contributed by atoms with Gasteiger partial charge in [-0.3, -0.25) is 0 Å². The van der Waals surface area contributed by atoms with E-state index in [4.69, 9.17) is 0 Å². The first kappa shape index (κ1) is 15.5. The van der Waals surface area contributed by atoms with Crippen LogP contribution in [0.1, 0.15) is 31.9 Å². The lowest BCUT2D eigenvalue weighted by molar-refractivity contribution is -0.137. The average molecular weight is 297 g/mol. The minimum Gasteiger partial charge on any atom is -0.166 e. The minimum absolute atomic E-state index is 0.454. The first-order valence-electron chi connectivity index (χ1n) is 4.97. The second-order valence-electron chi connectivity index (χ2n) is 4.25. The van der Waals surface area contributed by atoms with Gasteiger partial charge < -0.3 is 0 Å². The Labute approximate surface area is 103 Å². The molecule has 0 amide bonds. The summed E-state index contributed by atoms with van der Waals surface area (Å²) >= 11 is 3.01. The molecule has 1 aromatic carbocycles. The number of alkyl halides is 3. The van der Waals surface area contributed by atoms with Gasteiger partial charge in [0.05, 0.1) is 5.56 Å². The third-order valence-corrected chi connectivity index (χ3v) is 1.83. The number of benzene rings is 1. The molecule has 0 atom stereocenters. The Hall–Kier alpha value is -0.510. The zero-order valence-electron chi connectivity index (χ0n) is 9.82. The number of rotatable bonds is 0. The first-order valence-corrected chi connectivity index (χ1v) is 5.76. The van der Waals surface area contributed by atoms with E-state index in [9.17, 15) is 13.2 Å². The molecule has 1 rings (SSSR count). The third-order valence-electron chi connectivity index (χ3n) is 1.37. The van der Waals surface area contributed by atoms with E-state index in [1.165, 1.54) is 0 Å². The van der Waals surface area contributed by atoms with Crippen molar-refractivity contribution in [3.8, 4) is 0 Å². The summed E-state index contributed by atoms with van der Waals surface area (Å²) in [7, 11) is 0. The molecule has 0 aliphatic heterocycles. The summed E-state index contributed by atoms with van der Waals surface area (Å²) < 4.78 is 36.8. The van der Waals surface area contributed by atoms with Crippen LogP contribution in [0, 0.1) is 12.8 Å². The fourth-order valence-electron chi connectivity index (χ4n) is 0.900. The molecule has 92 valence electrons. The second kappa shape index (κ2) is 6.28. The van der Waals surface area contributed by atoms with Crippen molar-refractivity contribution >= 4 is 15.9 Å². The standard InChI is InChI=1S/C8H6BrF3.C4H10/c1-5-2-6(8(10,11)12)4-7(9)3-5;1-4(2)3/h2-4H,1H3;4H,1-3H3. The average Bonchev–Trinajstić information content (AvgIpc) is 1.98. The third kappa shape index (κ3) is 6.88. The molecule has 0 saturated carbocycles. The van der Waals surface area contributed by atoms with E-state index in [2.05, 4.69) is 36.7 Å². The summed E-state index contributed by atoms with van der Waals surface area (Å²) in [5.74, 6) is 0.833. The van der Waals surface area contributed by atoms with E-state index in [1.807, 2.05) is 0 Å². The van der Waals surface area contributed by atoms with Gasteiger partial charge in [0, 0.05) is 4.47 Å². The molecule has 0 nitrogen and oxygen atoms in total. The highest BCUT2D eigenvalue weighted by Gasteiger charge is 2.30. The fraction of sp³-hybridized carbons (Fsp3) is 0.500. The Kier molecular flexibility index (Phi) is 6.08. The predicted molar refractivity (Wildman–Crippen MR) is 64.4 cm³/mol. The maximum atomic E-state index is 12.1. The minimum atomic E-state index is -4.26. The predicted octanol–water partition coefficient (Wildman–Crippen LogP) is 5.44. The molecule has 0 aromatic heterocycles. The van der Waals surface area contributed by atoms with Crippen LogP contribution in [-0.4, -0.2) is 0 Å². The molecule has 0 aliphatic rings. The topological polar surface area (TPSA) is 0 Å². The summed E-state index contributed by atoms with van der Waals surface area (Å²) in [5, 5.41) is 0. The number of aryl methyl sites for hydroxylation is 1. The second-order valence-corrected chi connectivity index (χ2v) is 5.16. The molecule has 0 N–H and O–H groups in total. The SMILES string of the molecule is CC(C)C.Cc1cc(Br)cc(C(F)(F)F)c1. The summed E-state index contributed by atoms with van der Waals surface area (Å²) in [6.07, 6.45) is -4.26. The van der Waals surface area contributed by atoms with E-state index in [0.717, 1.165) is 18.1 Å². The molecular formula is C12H16BrF3. The molecule has 0 spiro atoms. The largest absolute Gasteiger partial charge is 0.416 e. The number of halogens is 4. The molecule has 0 saturated heterocycles. The van der Waals surface area contributed by atoms with Gasteiger partial charge in [0.15, 0.2) is 0 Å². The van der Waals surface area contributed by atoms with Gasteiger partial charge in [0.1, 0.15) is 0 Å². The van der Waals surface area contributed by atoms with Crippen molar-refractivity contribution in [3.63, 3.8) is 0 Å². The molecule has 16 heavy (non-hydrogen) atoms. The summed E-state index contributed by atoms with van der Waals surface area (Å²) in [6, 6.07) is 3.81. The maximum absolute atomic E-state index is 12.1. The lowest BCUT2D eigenvalue weighted by Crippen LogP contribution is -2.04. The van der Waals surface area contributed by atoms with Gasteiger partial charge in [-0.25, -0.2) is 0 Å². The first-order chi connectivity index (χ1) is 7.12. The lowest BCUT2D eigenvalue weighted by atomic mass is 10.1. The van der Waals surface area contributed by atoms with Crippen molar-refractivity contribution in [1.82, 2.24) is 0 Å². The highest BCUT2D eigenvalue weighted by atomic mass is 79.9. The lowest BCUT2D eigenvalue weighted by Gasteiger charge is -2.07. The Morgan fingerprint density at radius 3 is 1.81 bits per heavy atom. The van der Waals surface area contributed by atoms with Gasteiger partial charge in [-0.15, -0.1) is 0 Å². The van der Waals surface area contributed by atoms with Crippen LogP contribution in [0.25, 0.3) is 0 Å². The monoisotopic (exact) mass is 296 g/mol. The van der Waals surface area contributed by atoms with E-state index in [-0.39, 0.29) is 0 Å². The maximum Gasteiger partial charge on any atom is 0.416 e. The van der Waals surface area contributed by atoms with Crippen LogP contribution in [-0.2, 0) is 6.18 Å². The highest BCUT2D eigenvalue weighted by molar-refractivity contribution is 9.10.